The number of phenols is 1. The molecule has 0 fully saturated rings. The van der Waals surface area contributed by atoms with Crippen LogP contribution in [0.15, 0.2) is 24.3 Å². The Morgan fingerprint density at radius 3 is 2.56 bits per heavy atom. The summed E-state index contributed by atoms with van der Waals surface area (Å²) in [6, 6.07) is 6.54. The average molecular weight is 390 g/mol. The first-order chi connectivity index (χ1) is 12.8. The molecular weight excluding hydrogens is 370 g/mol. The second kappa shape index (κ2) is 7.48. The molecule has 2 aromatic rings. The SMILES string of the molecule is CC(C)c1cc(Oc2c(Cl)cc(NC(=O)C(=O)O)c3c2CCC3)ccc1O. The van der Waals surface area contributed by atoms with E-state index in [1.54, 1.807) is 18.2 Å². The molecule has 0 spiro atoms. The van der Waals surface area contributed by atoms with E-state index < -0.39 is 11.9 Å². The molecule has 0 unspecified atom stereocenters. The van der Waals surface area contributed by atoms with Crippen molar-refractivity contribution in [3.63, 3.8) is 0 Å². The molecule has 6 nitrogen and oxygen atoms in total. The standard InChI is InChI=1S/C20H20ClNO5/c1-10(2)14-8-11(6-7-17(14)23)27-18-13-5-3-4-12(13)16(9-15(18)21)22-19(24)20(25)26/h6-10,23H,3-5H2,1-2H3,(H,22,24)(H,25,26). The first-order valence-electron chi connectivity index (χ1n) is 8.67. The minimum Gasteiger partial charge on any atom is -0.508 e. The number of phenolic OH excluding ortho intramolecular Hbond substituents is 1. The number of carbonyl (C=O) groups is 2. The molecule has 27 heavy (non-hydrogen) atoms. The van der Waals surface area contributed by atoms with Crippen molar-refractivity contribution in [2.75, 3.05) is 5.32 Å². The lowest BCUT2D eigenvalue weighted by atomic mass is 10.0. The Balaban J connectivity index is 1.98. The van der Waals surface area contributed by atoms with E-state index in [1.807, 2.05) is 13.8 Å². The molecule has 3 N–H and O–H groups in total. The summed E-state index contributed by atoms with van der Waals surface area (Å²) in [6.45, 7) is 3.95. The molecule has 3 rings (SSSR count). The number of benzene rings is 2. The van der Waals surface area contributed by atoms with Crippen LogP contribution in [0.4, 0.5) is 5.69 Å². The van der Waals surface area contributed by atoms with Gasteiger partial charge in [-0.25, -0.2) is 4.79 Å². The summed E-state index contributed by atoms with van der Waals surface area (Å²) >= 11 is 6.39. The van der Waals surface area contributed by atoms with Gasteiger partial charge in [-0.15, -0.1) is 0 Å². The molecule has 2 aromatic carbocycles. The van der Waals surface area contributed by atoms with Crippen molar-refractivity contribution in [3.05, 3.63) is 46.0 Å². The molecule has 7 heteroatoms. The van der Waals surface area contributed by atoms with Crippen LogP contribution < -0.4 is 10.1 Å². The first kappa shape index (κ1) is 19.0. The van der Waals surface area contributed by atoms with Gasteiger partial charge in [-0.3, -0.25) is 4.79 Å². The van der Waals surface area contributed by atoms with Crippen LogP contribution in [-0.2, 0) is 22.4 Å². The van der Waals surface area contributed by atoms with Crippen LogP contribution >= 0.6 is 11.6 Å². The maximum atomic E-state index is 11.5. The number of hydrogen-bond acceptors (Lipinski definition) is 4. The third-order valence-corrected chi connectivity index (χ3v) is 4.87. The topological polar surface area (TPSA) is 95.9 Å². The predicted molar refractivity (Wildman–Crippen MR) is 102 cm³/mol. The molecule has 0 saturated heterocycles. The van der Waals surface area contributed by atoms with Gasteiger partial charge in [0, 0.05) is 16.8 Å². The Labute approximate surface area is 161 Å². The Morgan fingerprint density at radius 1 is 1.19 bits per heavy atom. The van der Waals surface area contributed by atoms with Gasteiger partial charge >= 0.3 is 11.9 Å². The number of hydrogen-bond donors (Lipinski definition) is 3. The number of rotatable bonds is 4. The average Bonchev–Trinajstić information content (AvgIpc) is 3.09. The lowest BCUT2D eigenvalue weighted by Gasteiger charge is -2.17. The van der Waals surface area contributed by atoms with Gasteiger partial charge in [-0.05, 0) is 55.0 Å². The molecule has 0 heterocycles. The number of carbonyl (C=O) groups excluding carboxylic acids is 1. The molecule has 0 aliphatic heterocycles. The molecule has 0 bridgehead atoms. The van der Waals surface area contributed by atoms with Gasteiger partial charge in [0.05, 0.1) is 5.02 Å². The first-order valence-corrected chi connectivity index (χ1v) is 9.05. The quantitative estimate of drug-likeness (QED) is 0.670. The molecule has 1 aliphatic carbocycles. The summed E-state index contributed by atoms with van der Waals surface area (Å²) in [5.41, 5.74) is 2.88. The van der Waals surface area contributed by atoms with Gasteiger partial charge in [0.15, 0.2) is 0 Å². The smallest absolute Gasteiger partial charge is 0.394 e. The minimum absolute atomic E-state index is 0.128. The van der Waals surface area contributed by atoms with E-state index in [-0.39, 0.29) is 16.7 Å². The highest BCUT2D eigenvalue weighted by molar-refractivity contribution is 6.37. The van der Waals surface area contributed by atoms with E-state index >= 15 is 0 Å². The van der Waals surface area contributed by atoms with E-state index in [9.17, 15) is 14.7 Å². The number of carboxylic acids is 1. The van der Waals surface area contributed by atoms with Crippen molar-refractivity contribution in [2.45, 2.75) is 39.0 Å². The molecule has 0 radical (unpaired) electrons. The van der Waals surface area contributed by atoms with Crippen LogP contribution in [-0.4, -0.2) is 22.1 Å². The molecule has 1 aliphatic rings. The molecule has 1 amide bonds. The Kier molecular flexibility index (Phi) is 5.28. The van der Waals surface area contributed by atoms with E-state index in [0.29, 0.717) is 23.6 Å². The fourth-order valence-electron chi connectivity index (χ4n) is 3.29. The van der Waals surface area contributed by atoms with Crippen LogP contribution in [0.5, 0.6) is 17.2 Å². The van der Waals surface area contributed by atoms with Crippen LogP contribution in [0.3, 0.4) is 0 Å². The molecule has 0 saturated carbocycles. The number of ether oxygens (including phenoxy) is 1. The van der Waals surface area contributed by atoms with Crippen LogP contribution in [0.25, 0.3) is 0 Å². The zero-order valence-corrected chi connectivity index (χ0v) is 15.8. The van der Waals surface area contributed by atoms with Crippen molar-refractivity contribution in [1.29, 1.82) is 0 Å². The number of aliphatic carboxylic acids is 1. The van der Waals surface area contributed by atoms with Crippen LogP contribution in [0.1, 0.15) is 42.9 Å². The summed E-state index contributed by atoms with van der Waals surface area (Å²) < 4.78 is 6.03. The van der Waals surface area contributed by atoms with Crippen LogP contribution in [0, 0.1) is 0 Å². The van der Waals surface area contributed by atoms with E-state index in [1.165, 1.54) is 6.07 Å². The highest BCUT2D eigenvalue weighted by atomic mass is 35.5. The second-order valence-corrected chi connectivity index (χ2v) is 7.19. The van der Waals surface area contributed by atoms with E-state index in [2.05, 4.69) is 5.32 Å². The zero-order chi connectivity index (χ0) is 19.7. The molecule has 142 valence electrons. The van der Waals surface area contributed by atoms with Crippen molar-refractivity contribution < 1.29 is 24.5 Å². The molecule has 0 aromatic heterocycles. The minimum atomic E-state index is -1.55. The lowest BCUT2D eigenvalue weighted by Crippen LogP contribution is -2.22. The van der Waals surface area contributed by atoms with Gasteiger partial charge in [-0.2, -0.15) is 0 Å². The number of aromatic hydroxyl groups is 1. The number of carboxylic acid groups (broad SMARTS) is 1. The number of nitrogens with one attached hydrogen (secondary N) is 1. The lowest BCUT2D eigenvalue weighted by molar-refractivity contribution is -0.147. The van der Waals surface area contributed by atoms with Crippen molar-refractivity contribution in [3.8, 4) is 17.2 Å². The third kappa shape index (κ3) is 3.85. The largest absolute Gasteiger partial charge is 0.508 e. The highest BCUT2D eigenvalue weighted by Gasteiger charge is 2.25. The van der Waals surface area contributed by atoms with E-state index in [4.69, 9.17) is 21.4 Å². The van der Waals surface area contributed by atoms with Gasteiger partial charge in [-0.1, -0.05) is 25.4 Å². The fraction of sp³-hybridized carbons (Fsp3) is 0.300. The normalized spacial score (nSPS) is 12.7. The summed E-state index contributed by atoms with van der Waals surface area (Å²) in [7, 11) is 0. The summed E-state index contributed by atoms with van der Waals surface area (Å²) in [5.74, 6) is -1.27. The zero-order valence-electron chi connectivity index (χ0n) is 15.0. The fourth-order valence-corrected chi connectivity index (χ4v) is 3.55. The summed E-state index contributed by atoms with van der Waals surface area (Å²) in [6.07, 6.45) is 2.27. The second-order valence-electron chi connectivity index (χ2n) is 6.78. The molecular formula is C20H20ClNO5. The number of amides is 1. The summed E-state index contributed by atoms with van der Waals surface area (Å²) in [4.78, 5) is 22.3. The Hall–Kier alpha value is -2.73. The maximum absolute atomic E-state index is 11.5. The predicted octanol–water partition coefficient (Wildman–Crippen LogP) is 4.47. The maximum Gasteiger partial charge on any atom is 0.394 e. The Morgan fingerprint density at radius 2 is 1.89 bits per heavy atom. The molecule has 0 atom stereocenters. The summed E-state index contributed by atoms with van der Waals surface area (Å²) in [5, 5.41) is 21.5. The third-order valence-electron chi connectivity index (χ3n) is 4.59. The van der Waals surface area contributed by atoms with Gasteiger partial charge in [0.1, 0.15) is 17.2 Å². The Bertz CT molecular complexity index is 923. The van der Waals surface area contributed by atoms with Gasteiger partial charge in [0.25, 0.3) is 0 Å². The van der Waals surface area contributed by atoms with Crippen LogP contribution in [0.2, 0.25) is 5.02 Å². The van der Waals surface area contributed by atoms with Crippen molar-refractivity contribution >= 4 is 29.2 Å². The van der Waals surface area contributed by atoms with Gasteiger partial charge in [0.2, 0.25) is 0 Å². The van der Waals surface area contributed by atoms with Crippen molar-refractivity contribution in [2.24, 2.45) is 0 Å². The highest BCUT2D eigenvalue weighted by Crippen LogP contribution is 2.44. The number of fused-ring (bicyclic) bond motifs is 1. The van der Waals surface area contributed by atoms with E-state index in [0.717, 1.165) is 29.5 Å². The number of halogens is 1. The number of anilines is 1. The van der Waals surface area contributed by atoms with Crippen molar-refractivity contribution in [1.82, 2.24) is 0 Å². The monoisotopic (exact) mass is 389 g/mol. The van der Waals surface area contributed by atoms with Gasteiger partial charge < -0.3 is 20.3 Å².